The lowest BCUT2D eigenvalue weighted by molar-refractivity contribution is 0.267. The number of benzene rings is 1. The number of nitrogens with one attached hydrogen (secondary N) is 2. The fourth-order valence-electron chi connectivity index (χ4n) is 3.93. The van der Waals surface area contributed by atoms with E-state index in [0.29, 0.717) is 12.0 Å². The van der Waals surface area contributed by atoms with Crippen LogP contribution < -0.4 is 20.3 Å². The largest absolute Gasteiger partial charge is 0.493 e. The van der Waals surface area contributed by atoms with E-state index in [2.05, 4.69) is 56.2 Å². The first kappa shape index (κ1) is 21.2. The summed E-state index contributed by atoms with van der Waals surface area (Å²) in [5.41, 5.74) is 1.30. The van der Waals surface area contributed by atoms with Crippen LogP contribution in [0.5, 0.6) is 5.75 Å². The zero-order valence-corrected chi connectivity index (χ0v) is 19.4. The second kappa shape index (κ2) is 10.3. The molecule has 0 amide bonds. The van der Waals surface area contributed by atoms with E-state index < -0.39 is 0 Å². The zero-order valence-electron chi connectivity index (χ0n) is 16.3. The van der Waals surface area contributed by atoms with Crippen LogP contribution in [0.2, 0.25) is 0 Å². The summed E-state index contributed by atoms with van der Waals surface area (Å²) in [4.78, 5) is 6.93. The molecule has 1 fully saturated rings. The second-order valence-electron chi connectivity index (χ2n) is 7.18. The van der Waals surface area contributed by atoms with Crippen molar-refractivity contribution in [2.45, 2.75) is 31.2 Å². The molecule has 152 valence electrons. The lowest BCUT2D eigenvalue weighted by atomic mass is 9.93. The van der Waals surface area contributed by atoms with Gasteiger partial charge < -0.3 is 20.3 Å². The summed E-state index contributed by atoms with van der Waals surface area (Å²) < 4.78 is 5.77. The summed E-state index contributed by atoms with van der Waals surface area (Å²) in [5.74, 6) is 2.40. The van der Waals surface area contributed by atoms with Crippen LogP contribution in [-0.4, -0.2) is 45.3 Å². The maximum absolute atomic E-state index is 5.77. The average molecular weight is 512 g/mol. The standard InChI is InChI=1S/C21H28N4OS.HI/c1-22-21(23-15-16-10-13-26-19-6-3-2-5-18(16)19)24-17-8-11-25(12-9-17)20-7-4-14-27-20;/h2-7,14,16-17H,8-13,15H2,1H3,(H2,22,23,24);1H. The van der Waals surface area contributed by atoms with Crippen LogP contribution in [-0.2, 0) is 0 Å². The third kappa shape index (κ3) is 5.11. The predicted octanol–water partition coefficient (Wildman–Crippen LogP) is 4.07. The molecule has 0 bridgehead atoms. The Kier molecular flexibility index (Phi) is 7.84. The quantitative estimate of drug-likeness (QED) is 0.369. The first-order chi connectivity index (χ1) is 13.3. The van der Waals surface area contributed by atoms with Crippen molar-refractivity contribution in [3.05, 3.63) is 47.3 Å². The Labute approximate surface area is 188 Å². The van der Waals surface area contributed by atoms with Crippen LogP contribution in [0.4, 0.5) is 5.00 Å². The van der Waals surface area contributed by atoms with E-state index in [1.54, 1.807) is 0 Å². The molecule has 2 aliphatic rings. The van der Waals surface area contributed by atoms with Crippen molar-refractivity contribution in [1.29, 1.82) is 0 Å². The third-order valence-corrected chi connectivity index (χ3v) is 6.40. The summed E-state index contributed by atoms with van der Waals surface area (Å²) >= 11 is 1.83. The zero-order chi connectivity index (χ0) is 18.5. The van der Waals surface area contributed by atoms with Gasteiger partial charge in [-0.2, -0.15) is 0 Å². The number of anilines is 1. The lowest BCUT2D eigenvalue weighted by Gasteiger charge is -2.34. The number of hydrogen-bond acceptors (Lipinski definition) is 4. The van der Waals surface area contributed by atoms with E-state index in [9.17, 15) is 0 Å². The molecule has 5 nitrogen and oxygen atoms in total. The minimum absolute atomic E-state index is 0. The fourth-order valence-corrected chi connectivity index (χ4v) is 4.72. The van der Waals surface area contributed by atoms with Crippen molar-refractivity contribution >= 4 is 46.3 Å². The molecule has 4 rings (SSSR count). The van der Waals surface area contributed by atoms with Crippen molar-refractivity contribution in [3.8, 4) is 5.75 Å². The minimum atomic E-state index is 0. The molecule has 1 atom stereocenters. The van der Waals surface area contributed by atoms with Crippen LogP contribution in [0.3, 0.4) is 0 Å². The molecule has 1 aromatic heterocycles. The number of fused-ring (bicyclic) bond motifs is 1. The van der Waals surface area contributed by atoms with Crippen molar-refractivity contribution in [2.75, 3.05) is 38.2 Å². The van der Waals surface area contributed by atoms with Crippen molar-refractivity contribution in [1.82, 2.24) is 10.6 Å². The van der Waals surface area contributed by atoms with E-state index >= 15 is 0 Å². The number of nitrogens with zero attached hydrogens (tertiary/aromatic N) is 2. The molecule has 1 aromatic carbocycles. The number of thiophene rings is 1. The molecule has 7 heteroatoms. The maximum Gasteiger partial charge on any atom is 0.191 e. The highest BCUT2D eigenvalue weighted by molar-refractivity contribution is 14.0. The Morgan fingerprint density at radius 3 is 2.75 bits per heavy atom. The lowest BCUT2D eigenvalue weighted by Crippen LogP contribution is -2.49. The molecule has 2 N–H and O–H groups in total. The van der Waals surface area contributed by atoms with Crippen LogP contribution in [0.15, 0.2) is 46.8 Å². The molecule has 0 aliphatic carbocycles. The van der Waals surface area contributed by atoms with Gasteiger partial charge in [0.05, 0.1) is 11.6 Å². The Bertz CT molecular complexity index is 760. The molecule has 0 radical (unpaired) electrons. The second-order valence-corrected chi connectivity index (χ2v) is 8.11. The predicted molar refractivity (Wildman–Crippen MR) is 129 cm³/mol. The molecule has 2 aliphatic heterocycles. The SMILES string of the molecule is CN=C(NCC1CCOc2ccccc21)NC1CCN(c2cccs2)CC1.I. The topological polar surface area (TPSA) is 48.9 Å². The van der Waals surface area contributed by atoms with Gasteiger partial charge in [-0.15, -0.1) is 35.3 Å². The fraction of sp³-hybridized carbons (Fsp3) is 0.476. The van der Waals surface area contributed by atoms with E-state index in [-0.39, 0.29) is 24.0 Å². The van der Waals surface area contributed by atoms with Gasteiger partial charge in [-0.25, -0.2) is 0 Å². The Balaban J connectivity index is 0.00000225. The monoisotopic (exact) mass is 512 g/mol. The van der Waals surface area contributed by atoms with Crippen LogP contribution in [0, 0.1) is 0 Å². The van der Waals surface area contributed by atoms with Crippen molar-refractivity contribution < 1.29 is 4.74 Å². The first-order valence-corrected chi connectivity index (χ1v) is 10.7. The van der Waals surface area contributed by atoms with Gasteiger partial charge in [0, 0.05) is 38.6 Å². The van der Waals surface area contributed by atoms with E-state index in [1.165, 1.54) is 10.6 Å². The highest BCUT2D eigenvalue weighted by atomic mass is 127. The molecule has 0 saturated carbocycles. The average Bonchev–Trinajstić information content (AvgIpc) is 3.26. The van der Waals surface area contributed by atoms with Gasteiger partial charge in [0.15, 0.2) is 5.96 Å². The smallest absolute Gasteiger partial charge is 0.191 e. The van der Waals surface area contributed by atoms with E-state index in [0.717, 1.165) is 57.2 Å². The normalized spacial score (nSPS) is 20.0. The van der Waals surface area contributed by atoms with Gasteiger partial charge in [0.1, 0.15) is 5.75 Å². The van der Waals surface area contributed by atoms with Crippen LogP contribution >= 0.6 is 35.3 Å². The summed E-state index contributed by atoms with van der Waals surface area (Å²) in [5, 5.41) is 10.7. The summed E-state index contributed by atoms with van der Waals surface area (Å²) in [6.45, 7) is 3.87. The van der Waals surface area contributed by atoms with Crippen LogP contribution in [0.1, 0.15) is 30.7 Å². The summed E-state index contributed by atoms with van der Waals surface area (Å²) in [6, 6.07) is 13.2. The number of rotatable bonds is 4. The van der Waals surface area contributed by atoms with Crippen molar-refractivity contribution in [2.24, 2.45) is 4.99 Å². The highest BCUT2D eigenvalue weighted by Gasteiger charge is 2.23. The Morgan fingerprint density at radius 1 is 1.18 bits per heavy atom. The minimum Gasteiger partial charge on any atom is -0.493 e. The molecular weight excluding hydrogens is 483 g/mol. The van der Waals surface area contributed by atoms with Gasteiger partial charge in [-0.05, 0) is 48.4 Å². The summed E-state index contributed by atoms with van der Waals surface area (Å²) in [6.07, 6.45) is 3.32. The number of aliphatic imine (C=N–C) groups is 1. The third-order valence-electron chi connectivity index (χ3n) is 5.48. The number of ether oxygens (including phenoxy) is 1. The molecular formula is C21H29IN4OS. The van der Waals surface area contributed by atoms with Gasteiger partial charge >= 0.3 is 0 Å². The molecule has 3 heterocycles. The molecule has 0 spiro atoms. The van der Waals surface area contributed by atoms with Gasteiger partial charge in [0.2, 0.25) is 0 Å². The molecule has 2 aromatic rings. The number of hydrogen-bond donors (Lipinski definition) is 2. The van der Waals surface area contributed by atoms with Crippen molar-refractivity contribution in [3.63, 3.8) is 0 Å². The molecule has 1 unspecified atom stereocenters. The first-order valence-electron chi connectivity index (χ1n) is 9.81. The van der Waals surface area contributed by atoms with E-state index in [1.807, 2.05) is 24.5 Å². The summed E-state index contributed by atoms with van der Waals surface area (Å²) in [7, 11) is 1.86. The number of halogens is 1. The van der Waals surface area contributed by atoms with Crippen LogP contribution in [0.25, 0.3) is 0 Å². The highest BCUT2D eigenvalue weighted by Crippen LogP contribution is 2.32. The molecule has 1 saturated heterocycles. The van der Waals surface area contributed by atoms with Gasteiger partial charge in [0.25, 0.3) is 0 Å². The Hall–Kier alpha value is -1.48. The van der Waals surface area contributed by atoms with Gasteiger partial charge in [-0.1, -0.05) is 18.2 Å². The number of piperidine rings is 1. The maximum atomic E-state index is 5.77. The van der Waals surface area contributed by atoms with E-state index in [4.69, 9.17) is 4.74 Å². The number of guanidine groups is 1. The number of para-hydroxylation sites is 1. The van der Waals surface area contributed by atoms with Gasteiger partial charge in [-0.3, -0.25) is 4.99 Å². The molecule has 28 heavy (non-hydrogen) atoms. The Morgan fingerprint density at radius 2 is 2.00 bits per heavy atom.